The molecular weight excluding hydrogens is 548 g/mol. The summed E-state index contributed by atoms with van der Waals surface area (Å²) in [6.07, 6.45) is 6.92. The lowest BCUT2D eigenvalue weighted by atomic mass is 9.43. The molecule has 45 heavy (non-hydrogen) atoms. The molecule has 0 saturated heterocycles. The maximum Gasteiger partial charge on any atom is 0.246 e. The van der Waals surface area contributed by atoms with E-state index in [2.05, 4.69) is 97.1 Å². The van der Waals surface area contributed by atoms with Gasteiger partial charge in [-0.05, 0) is 119 Å². The molecule has 216 valence electrons. The normalized spacial score (nSPS) is 25.9. The van der Waals surface area contributed by atoms with Gasteiger partial charge < -0.3 is 4.42 Å². The average molecular weight is 581 g/mol. The number of rotatable bonds is 2. The molecule has 5 aromatic carbocycles. The predicted molar refractivity (Wildman–Crippen MR) is 181 cm³/mol. The Morgan fingerprint density at radius 3 is 2.02 bits per heavy atom. The summed E-state index contributed by atoms with van der Waals surface area (Å²) < 4.78 is 6.24. The first-order valence-corrected chi connectivity index (χ1v) is 16.7. The number of nitrogens with zero attached hydrogens (tertiary/aromatic N) is 2. The first-order valence-electron chi connectivity index (χ1n) is 16.7. The van der Waals surface area contributed by atoms with Gasteiger partial charge in [-0.25, -0.2) is 9.97 Å². The molecule has 0 amide bonds. The van der Waals surface area contributed by atoms with Gasteiger partial charge in [0.2, 0.25) is 5.71 Å². The zero-order valence-electron chi connectivity index (χ0n) is 25.0. The highest BCUT2D eigenvalue weighted by atomic mass is 16.3. The van der Waals surface area contributed by atoms with Gasteiger partial charge in [0.1, 0.15) is 16.8 Å². The van der Waals surface area contributed by atoms with Crippen molar-refractivity contribution >= 4 is 33.0 Å². The summed E-state index contributed by atoms with van der Waals surface area (Å²) in [6, 6.07) is 39.9. The number of benzene rings is 5. The largest absolute Gasteiger partial charge is 0.436 e. The molecule has 0 radical (unpaired) electrons. The predicted octanol–water partition coefficient (Wildman–Crippen LogP) is 10.6. The van der Waals surface area contributed by atoms with Gasteiger partial charge in [-0.15, -0.1) is 0 Å². The van der Waals surface area contributed by atoms with Crippen LogP contribution in [0.3, 0.4) is 0 Å². The molecule has 2 heterocycles. The maximum absolute atomic E-state index is 6.24. The third-order valence-electron chi connectivity index (χ3n) is 12.0. The molecule has 5 aliphatic rings. The second kappa shape index (κ2) is 8.69. The molecule has 12 rings (SSSR count). The Labute approximate surface area is 262 Å². The number of hydrogen-bond acceptors (Lipinski definition) is 3. The zero-order valence-corrected chi connectivity index (χ0v) is 25.0. The molecule has 3 nitrogen and oxygen atoms in total. The van der Waals surface area contributed by atoms with Gasteiger partial charge in [0.25, 0.3) is 0 Å². The molecule has 0 unspecified atom stereocenters. The van der Waals surface area contributed by atoms with Crippen molar-refractivity contribution in [3.63, 3.8) is 0 Å². The summed E-state index contributed by atoms with van der Waals surface area (Å²) >= 11 is 0. The molecular formula is C42H32N2O. The van der Waals surface area contributed by atoms with Crippen LogP contribution in [-0.4, -0.2) is 9.97 Å². The van der Waals surface area contributed by atoms with Crippen molar-refractivity contribution in [1.82, 2.24) is 9.97 Å². The molecule has 3 heteroatoms. The van der Waals surface area contributed by atoms with Crippen molar-refractivity contribution in [2.24, 2.45) is 23.7 Å². The van der Waals surface area contributed by atoms with Crippen LogP contribution < -0.4 is 0 Å². The highest BCUT2D eigenvalue weighted by molar-refractivity contribution is 6.03. The van der Waals surface area contributed by atoms with Crippen LogP contribution in [0.4, 0.5) is 0 Å². The number of fused-ring (bicyclic) bond motifs is 7. The Balaban J connectivity index is 1.20. The monoisotopic (exact) mass is 580 g/mol. The van der Waals surface area contributed by atoms with Gasteiger partial charge >= 0.3 is 0 Å². The van der Waals surface area contributed by atoms with Crippen LogP contribution >= 0.6 is 0 Å². The molecule has 1 spiro atoms. The van der Waals surface area contributed by atoms with Crippen molar-refractivity contribution in [1.29, 1.82) is 0 Å². The second-order valence-corrected chi connectivity index (χ2v) is 14.2. The number of aromatic nitrogens is 2. The van der Waals surface area contributed by atoms with Crippen LogP contribution in [0.5, 0.6) is 0 Å². The van der Waals surface area contributed by atoms with Gasteiger partial charge in [0.15, 0.2) is 0 Å². The SMILES string of the molecule is c1ccc(-c2nc3oc4ccccc4c3nc2-c2ccc3c(c2)C2(c4cc5ccccc5cc4-3)C3CC4CC(C3)CC2C4)cc1. The number of furan rings is 1. The fourth-order valence-corrected chi connectivity index (χ4v) is 10.5. The highest BCUT2D eigenvalue weighted by Crippen LogP contribution is 2.69. The summed E-state index contributed by atoms with van der Waals surface area (Å²) in [5, 5.41) is 3.72. The molecule has 4 bridgehead atoms. The molecule has 0 atom stereocenters. The smallest absolute Gasteiger partial charge is 0.246 e. The van der Waals surface area contributed by atoms with E-state index in [0.717, 1.165) is 50.8 Å². The molecule has 0 aliphatic heterocycles. The lowest BCUT2D eigenvalue weighted by Gasteiger charge is -2.61. The Morgan fingerprint density at radius 2 is 1.22 bits per heavy atom. The van der Waals surface area contributed by atoms with Crippen LogP contribution in [-0.2, 0) is 5.41 Å². The molecule has 0 N–H and O–H groups in total. The average Bonchev–Trinajstić information content (AvgIpc) is 3.58. The van der Waals surface area contributed by atoms with Crippen molar-refractivity contribution < 1.29 is 4.42 Å². The fourth-order valence-electron chi connectivity index (χ4n) is 10.5. The highest BCUT2D eigenvalue weighted by Gasteiger charge is 2.61. The van der Waals surface area contributed by atoms with Crippen molar-refractivity contribution in [2.75, 3.05) is 0 Å². The van der Waals surface area contributed by atoms with Crippen LogP contribution in [0.1, 0.15) is 43.2 Å². The van der Waals surface area contributed by atoms with Crippen LogP contribution in [0, 0.1) is 23.7 Å². The van der Waals surface area contributed by atoms with Crippen LogP contribution in [0.2, 0.25) is 0 Å². The van der Waals surface area contributed by atoms with Crippen molar-refractivity contribution in [3.05, 3.63) is 120 Å². The lowest BCUT2D eigenvalue weighted by Crippen LogP contribution is -2.55. The minimum Gasteiger partial charge on any atom is -0.436 e. The van der Waals surface area contributed by atoms with Crippen molar-refractivity contribution in [3.8, 4) is 33.6 Å². The topological polar surface area (TPSA) is 38.9 Å². The first-order chi connectivity index (χ1) is 22.2. The van der Waals surface area contributed by atoms with Gasteiger partial charge in [0.05, 0.1) is 5.69 Å². The molecule has 5 aliphatic carbocycles. The Bertz CT molecular complexity index is 2320. The van der Waals surface area contributed by atoms with Crippen LogP contribution in [0.25, 0.3) is 66.6 Å². The third kappa shape index (κ3) is 3.21. The van der Waals surface area contributed by atoms with Gasteiger partial charge in [-0.2, -0.15) is 0 Å². The number of hydrogen-bond donors (Lipinski definition) is 0. The van der Waals surface area contributed by atoms with E-state index in [1.54, 1.807) is 5.56 Å². The summed E-state index contributed by atoms with van der Waals surface area (Å²) in [4.78, 5) is 10.6. The Hall–Kier alpha value is -4.76. The van der Waals surface area contributed by atoms with E-state index < -0.39 is 0 Å². The summed E-state index contributed by atoms with van der Waals surface area (Å²) in [5.74, 6) is 3.21. The van der Waals surface area contributed by atoms with E-state index in [4.69, 9.17) is 14.4 Å². The summed E-state index contributed by atoms with van der Waals surface area (Å²) in [6.45, 7) is 0. The minimum atomic E-state index is 0.0743. The van der Waals surface area contributed by atoms with E-state index in [1.165, 1.54) is 59.6 Å². The van der Waals surface area contributed by atoms with Crippen molar-refractivity contribution in [2.45, 2.75) is 37.5 Å². The lowest BCUT2D eigenvalue weighted by molar-refractivity contribution is -0.0398. The van der Waals surface area contributed by atoms with Gasteiger partial charge in [-0.1, -0.05) is 78.9 Å². The first kappa shape index (κ1) is 24.5. The van der Waals surface area contributed by atoms with E-state index in [9.17, 15) is 0 Å². The Kier molecular flexibility index (Phi) is 4.74. The Morgan fingerprint density at radius 1 is 0.556 bits per heavy atom. The van der Waals surface area contributed by atoms with E-state index in [-0.39, 0.29) is 5.41 Å². The van der Waals surface area contributed by atoms with E-state index in [0.29, 0.717) is 17.5 Å². The van der Waals surface area contributed by atoms with E-state index >= 15 is 0 Å². The standard InChI is InChI=1S/C42H32N2O/c1-2-8-26(9-3-1)38-39(43-40-33-12-6-7-13-37(33)45-41(40)44-38)29-14-15-32-34-21-27-10-4-5-11-28(27)22-36(34)42(35(32)23-29)30-17-24-16-25(19-30)20-31(42)18-24/h1-15,21-25,30-31H,16-20H2. The second-order valence-electron chi connectivity index (χ2n) is 14.2. The summed E-state index contributed by atoms with van der Waals surface area (Å²) in [5.41, 5.74) is 12.4. The number of para-hydroxylation sites is 1. The minimum absolute atomic E-state index is 0.0743. The van der Waals surface area contributed by atoms with Gasteiger partial charge in [-0.3, -0.25) is 0 Å². The zero-order chi connectivity index (χ0) is 29.3. The quantitative estimate of drug-likeness (QED) is 0.204. The van der Waals surface area contributed by atoms with Crippen LogP contribution in [0.15, 0.2) is 114 Å². The molecule has 7 aromatic rings. The molecule has 2 aromatic heterocycles. The van der Waals surface area contributed by atoms with E-state index in [1.807, 2.05) is 12.1 Å². The molecule has 4 saturated carbocycles. The summed E-state index contributed by atoms with van der Waals surface area (Å²) in [7, 11) is 0. The third-order valence-corrected chi connectivity index (χ3v) is 12.0. The fraction of sp³-hybridized carbons (Fsp3) is 0.238. The molecule has 4 fully saturated rings. The maximum atomic E-state index is 6.24. The van der Waals surface area contributed by atoms with Gasteiger partial charge in [0, 0.05) is 21.9 Å².